The van der Waals surface area contributed by atoms with Crippen molar-refractivity contribution in [3.63, 3.8) is 0 Å². The molecule has 1 rings (SSSR count). The summed E-state index contributed by atoms with van der Waals surface area (Å²) < 4.78 is 5.24. The summed E-state index contributed by atoms with van der Waals surface area (Å²) in [5.41, 5.74) is 0.154. The lowest BCUT2D eigenvalue weighted by Gasteiger charge is -2.03. The number of benzene rings is 1. The summed E-state index contributed by atoms with van der Waals surface area (Å²) in [6, 6.07) is 6.72. The quantitative estimate of drug-likeness (QED) is 0.269. The monoisotopic (exact) mass is 259 g/mol. The number of nitro benzene ring substituents is 1. The summed E-state index contributed by atoms with van der Waals surface area (Å²) in [6.07, 6.45) is 0. The number of rotatable bonds is 7. The van der Waals surface area contributed by atoms with E-state index in [2.05, 4.69) is 12.6 Å². The molecular weight excluding hydrogens is 246 g/mol. The number of nitro groups is 1. The maximum atomic E-state index is 10.7. The van der Waals surface area contributed by atoms with Crippen molar-refractivity contribution in [2.24, 2.45) is 0 Å². The highest BCUT2D eigenvalue weighted by molar-refractivity contribution is 7.99. The molecule has 0 N–H and O–H groups in total. The van der Waals surface area contributed by atoms with Gasteiger partial charge in [-0.25, -0.2) is 0 Å². The van der Waals surface area contributed by atoms with Gasteiger partial charge < -0.3 is 4.74 Å². The van der Waals surface area contributed by atoms with Crippen LogP contribution in [0, 0.1) is 10.1 Å². The molecule has 0 amide bonds. The Labute approximate surface area is 104 Å². The number of thiol groups is 1. The molecule has 0 aliphatic rings. The molecule has 16 heavy (non-hydrogen) atoms. The van der Waals surface area contributed by atoms with E-state index in [-0.39, 0.29) is 10.6 Å². The van der Waals surface area contributed by atoms with Gasteiger partial charge in [0.2, 0.25) is 0 Å². The van der Waals surface area contributed by atoms with Gasteiger partial charge in [0, 0.05) is 17.6 Å². The second kappa shape index (κ2) is 7.54. The zero-order valence-electron chi connectivity index (χ0n) is 8.67. The van der Waals surface area contributed by atoms with Crippen molar-refractivity contribution >= 4 is 30.1 Å². The normalized spacial score (nSPS) is 10.3. The van der Waals surface area contributed by atoms with E-state index in [1.807, 2.05) is 0 Å². The van der Waals surface area contributed by atoms with Crippen molar-refractivity contribution in [1.82, 2.24) is 0 Å². The molecule has 0 bridgehead atoms. The highest BCUT2D eigenvalue weighted by Crippen LogP contribution is 2.28. The van der Waals surface area contributed by atoms with E-state index in [0.717, 1.165) is 0 Å². The molecule has 6 heteroatoms. The Balaban J connectivity index is 2.44. The molecule has 0 atom stereocenters. The second-order valence-corrected chi connectivity index (χ2v) is 4.49. The minimum Gasteiger partial charge on any atom is -0.380 e. The Kier molecular flexibility index (Phi) is 6.29. The fraction of sp³-hybridized carbons (Fsp3) is 0.400. The maximum absolute atomic E-state index is 10.7. The smallest absolute Gasteiger partial charge is 0.282 e. The average Bonchev–Trinajstić information content (AvgIpc) is 2.29. The lowest BCUT2D eigenvalue weighted by molar-refractivity contribution is -0.387. The van der Waals surface area contributed by atoms with Crippen LogP contribution in [0.4, 0.5) is 5.69 Å². The molecule has 4 nitrogen and oxygen atoms in total. The van der Waals surface area contributed by atoms with E-state index >= 15 is 0 Å². The van der Waals surface area contributed by atoms with Crippen LogP contribution in [-0.2, 0) is 4.74 Å². The SMILES string of the molecule is O=[N+]([O-])c1ccccc1SCCOCCS. The fourth-order valence-corrected chi connectivity index (χ4v) is 2.12. The van der Waals surface area contributed by atoms with Crippen LogP contribution in [-0.4, -0.2) is 29.6 Å². The van der Waals surface area contributed by atoms with E-state index in [1.54, 1.807) is 18.2 Å². The highest BCUT2D eigenvalue weighted by atomic mass is 32.2. The number of thioether (sulfide) groups is 1. The molecule has 0 unspecified atom stereocenters. The Bertz CT molecular complexity index is 347. The van der Waals surface area contributed by atoms with Crippen molar-refractivity contribution in [2.75, 3.05) is 24.7 Å². The molecule has 0 spiro atoms. The zero-order valence-corrected chi connectivity index (χ0v) is 10.4. The summed E-state index contributed by atoms with van der Waals surface area (Å²) >= 11 is 5.45. The molecular formula is C10H13NO3S2. The number of ether oxygens (including phenoxy) is 1. The molecule has 0 fully saturated rings. The van der Waals surface area contributed by atoms with Crippen molar-refractivity contribution in [3.8, 4) is 0 Å². The van der Waals surface area contributed by atoms with Crippen LogP contribution < -0.4 is 0 Å². The largest absolute Gasteiger partial charge is 0.380 e. The third-order valence-corrected chi connectivity index (χ3v) is 2.99. The van der Waals surface area contributed by atoms with Gasteiger partial charge in [0.15, 0.2) is 0 Å². The Hall–Kier alpha value is -0.720. The van der Waals surface area contributed by atoms with Gasteiger partial charge in [0.25, 0.3) is 5.69 Å². The third-order valence-electron chi connectivity index (χ3n) is 1.78. The first-order valence-corrected chi connectivity index (χ1v) is 6.42. The predicted octanol–water partition coefficient (Wildman–Crippen LogP) is 2.63. The standard InChI is InChI=1S/C10H13NO3S2/c12-11(13)9-3-1-2-4-10(9)16-8-6-14-5-7-15/h1-4,15H,5-8H2. The molecule has 0 saturated heterocycles. The van der Waals surface area contributed by atoms with Crippen molar-refractivity contribution < 1.29 is 9.66 Å². The Morgan fingerprint density at radius 3 is 2.81 bits per heavy atom. The molecule has 0 heterocycles. The van der Waals surface area contributed by atoms with Crippen LogP contribution in [0.2, 0.25) is 0 Å². The molecule has 1 aromatic carbocycles. The summed E-state index contributed by atoms with van der Waals surface area (Å²) in [7, 11) is 0. The molecule has 88 valence electrons. The maximum Gasteiger partial charge on any atom is 0.282 e. The zero-order chi connectivity index (χ0) is 11.8. The highest BCUT2D eigenvalue weighted by Gasteiger charge is 2.11. The van der Waals surface area contributed by atoms with Gasteiger partial charge in [-0.2, -0.15) is 12.6 Å². The predicted molar refractivity (Wildman–Crippen MR) is 68.5 cm³/mol. The molecule has 0 aliphatic carbocycles. The van der Waals surface area contributed by atoms with Gasteiger partial charge >= 0.3 is 0 Å². The molecule has 0 aliphatic heterocycles. The lowest BCUT2D eigenvalue weighted by Crippen LogP contribution is -2.00. The van der Waals surface area contributed by atoms with Gasteiger partial charge in [-0.1, -0.05) is 12.1 Å². The van der Waals surface area contributed by atoms with Crippen LogP contribution in [0.25, 0.3) is 0 Å². The first-order valence-electron chi connectivity index (χ1n) is 4.80. The minimum atomic E-state index is -0.364. The number of nitrogens with zero attached hydrogens (tertiary/aromatic N) is 1. The van der Waals surface area contributed by atoms with E-state index in [4.69, 9.17) is 4.74 Å². The molecule has 0 radical (unpaired) electrons. The third kappa shape index (κ3) is 4.42. The topological polar surface area (TPSA) is 52.4 Å². The first-order chi connectivity index (χ1) is 7.75. The van der Waals surface area contributed by atoms with Crippen molar-refractivity contribution in [1.29, 1.82) is 0 Å². The van der Waals surface area contributed by atoms with Crippen LogP contribution in [0.5, 0.6) is 0 Å². The van der Waals surface area contributed by atoms with Crippen LogP contribution in [0.15, 0.2) is 29.2 Å². The average molecular weight is 259 g/mol. The second-order valence-electron chi connectivity index (χ2n) is 2.91. The lowest BCUT2D eigenvalue weighted by atomic mass is 10.3. The summed E-state index contributed by atoms with van der Waals surface area (Å²) in [5, 5.41) is 10.7. The minimum absolute atomic E-state index is 0.154. The molecule has 1 aromatic rings. The van der Waals surface area contributed by atoms with Gasteiger partial charge in [-0.3, -0.25) is 10.1 Å². The molecule has 0 saturated carbocycles. The van der Waals surface area contributed by atoms with Gasteiger partial charge in [0.1, 0.15) is 0 Å². The molecule has 0 aromatic heterocycles. The summed E-state index contributed by atoms with van der Waals surface area (Å²) in [6.45, 7) is 1.19. The Morgan fingerprint density at radius 1 is 1.38 bits per heavy atom. The van der Waals surface area contributed by atoms with Gasteiger partial charge in [-0.05, 0) is 6.07 Å². The van der Waals surface area contributed by atoms with E-state index in [9.17, 15) is 10.1 Å². The summed E-state index contributed by atoms with van der Waals surface area (Å²) in [4.78, 5) is 11.0. The van der Waals surface area contributed by atoms with Crippen LogP contribution in [0.3, 0.4) is 0 Å². The van der Waals surface area contributed by atoms with Crippen LogP contribution in [0.1, 0.15) is 0 Å². The van der Waals surface area contributed by atoms with Gasteiger partial charge in [0.05, 0.1) is 23.0 Å². The fourth-order valence-electron chi connectivity index (χ4n) is 1.11. The van der Waals surface area contributed by atoms with E-state index in [1.165, 1.54) is 17.8 Å². The number of hydrogen-bond acceptors (Lipinski definition) is 5. The summed E-state index contributed by atoms with van der Waals surface area (Å²) in [5.74, 6) is 1.40. The van der Waals surface area contributed by atoms with Crippen LogP contribution >= 0.6 is 24.4 Å². The first kappa shape index (κ1) is 13.3. The number of para-hydroxylation sites is 1. The van der Waals surface area contributed by atoms with Crippen molar-refractivity contribution in [2.45, 2.75) is 4.90 Å². The van der Waals surface area contributed by atoms with E-state index < -0.39 is 0 Å². The Morgan fingerprint density at radius 2 is 2.12 bits per heavy atom. The van der Waals surface area contributed by atoms with E-state index in [0.29, 0.717) is 29.6 Å². The number of hydrogen-bond donors (Lipinski definition) is 1. The van der Waals surface area contributed by atoms with Gasteiger partial charge in [-0.15, -0.1) is 11.8 Å². The van der Waals surface area contributed by atoms with Crippen molar-refractivity contribution in [3.05, 3.63) is 34.4 Å².